The van der Waals surface area contributed by atoms with Crippen LogP contribution in [0.25, 0.3) is 0 Å². The Labute approximate surface area is 272 Å². The number of hydrogen-bond donors (Lipinski definition) is 4. The molecule has 0 fully saturated rings. The first-order valence-corrected chi connectivity index (χ1v) is 15.7. The van der Waals surface area contributed by atoms with Crippen LogP contribution in [-0.4, -0.2) is 75.4 Å². The molecule has 4 N–H and O–H groups in total. The Morgan fingerprint density at radius 3 is 2.04 bits per heavy atom. The van der Waals surface area contributed by atoms with Gasteiger partial charge in [-0.15, -0.1) is 0 Å². The fourth-order valence-electron chi connectivity index (χ4n) is 4.75. The van der Waals surface area contributed by atoms with Crippen molar-refractivity contribution >= 4 is 23.9 Å². The van der Waals surface area contributed by atoms with Gasteiger partial charge in [0.2, 0.25) is 11.8 Å². The summed E-state index contributed by atoms with van der Waals surface area (Å²) in [5.41, 5.74) is -0.339. The van der Waals surface area contributed by atoms with Gasteiger partial charge in [-0.2, -0.15) is 0 Å². The van der Waals surface area contributed by atoms with E-state index in [1.165, 1.54) is 11.0 Å². The molecule has 3 unspecified atom stereocenters. The molecule has 2 rings (SSSR count). The number of phenols is 1. The first-order chi connectivity index (χ1) is 21.5. The maximum absolute atomic E-state index is 14.4. The number of aliphatic hydroxyl groups is 1. The molecular weight excluding hydrogens is 590 g/mol. The lowest BCUT2D eigenvalue weighted by Crippen LogP contribution is -2.56. The summed E-state index contributed by atoms with van der Waals surface area (Å²) in [6.45, 7) is 13.1. The van der Waals surface area contributed by atoms with Gasteiger partial charge in [0.05, 0.1) is 6.61 Å². The minimum atomic E-state index is -1.45. The number of aliphatic hydroxyl groups excluding tert-OH is 1. The molecule has 2 aromatic carbocycles. The molecular formula is C35H51N3O8. The van der Waals surface area contributed by atoms with Crippen molar-refractivity contribution in [3.05, 3.63) is 65.2 Å². The highest BCUT2D eigenvalue weighted by atomic mass is 16.6. The quantitative estimate of drug-likeness (QED) is 0.171. The Morgan fingerprint density at radius 2 is 1.48 bits per heavy atom. The summed E-state index contributed by atoms with van der Waals surface area (Å²) in [4.78, 5) is 55.8. The van der Waals surface area contributed by atoms with Gasteiger partial charge >= 0.3 is 12.1 Å². The first-order valence-electron chi connectivity index (χ1n) is 15.7. The number of para-hydroxylation sites is 1. The van der Waals surface area contributed by atoms with Crippen LogP contribution >= 0.6 is 0 Å². The Balaban J connectivity index is 2.62. The van der Waals surface area contributed by atoms with E-state index in [0.29, 0.717) is 12.0 Å². The van der Waals surface area contributed by atoms with E-state index < -0.39 is 59.8 Å². The predicted octanol–water partition coefficient (Wildman–Crippen LogP) is 4.72. The third-order valence-electron chi connectivity index (χ3n) is 6.87. The van der Waals surface area contributed by atoms with E-state index in [-0.39, 0.29) is 24.3 Å². The minimum Gasteiger partial charge on any atom is -0.507 e. The molecule has 0 aliphatic heterocycles. The Morgan fingerprint density at radius 1 is 0.848 bits per heavy atom. The fourth-order valence-corrected chi connectivity index (χ4v) is 4.75. The van der Waals surface area contributed by atoms with Crippen molar-refractivity contribution in [1.29, 1.82) is 0 Å². The molecule has 0 aromatic heterocycles. The van der Waals surface area contributed by atoms with Crippen LogP contribution in [0.2, 0.25) is 0 Å². The van der Waals surface area contributed by atoms with Gasteiger partial charge in [0, 0.05) is 18.5 Å². The van der Waals surface area contributed by atoms with Crippen molar-refractivity contribution in [2.45, 2.75) is 110 Å². The molecule has 2 aromatic rings. The average Bonchev–Trinajstić information content (AvgIpc) is 2.95. The highest BCUT2D eigenvalue weighted by Gasteiger charge is 2.39. The highest BCUT2D eigenvalue weighted by Crippen LogP contribution is 2.33. The molecule has 0 heterocycles. The van der Waals surface area contributed by atoms with E-state index in [2.05, 4.69) is 10.6 Å². The zero-order chi connectivity index (χ0) is 34.7. The van der Waals surface area contributed by atoms with Gasteiger partial charge < -0.3 is 35.2 Å². The van der Waals surface area contributed by atoms with Crippen molar-refractivity contribution in [2.24, 2.45) is 0 Å². The van der Waals surface area contributed by atoms with Crippen molar-refractivity contribution in [1.82, 2.24) is 15.5 Å². The summed E-state index contributed by atoms with van der Waals surface area (Å²) in [5, 5.41) is 26.6. The van der Waals surface area contributed by atoms with Gasteiger partial charge in [-0.3, -0.25) is 9.59 Å². The van der Waals surface area contributed by atoms with Crippen LogP contribution in [-0.2, 0) is 30.3 Å². The summed E-state index contributed by atoms with van der Waals surface area (Å²) in [5.74, 6) is -2.37. The first kappa shape index (κ1) is 38.1. The number of carbonyl (C=O) groups is 4. The predicted molar refractivity (Wildman–Crippen MR) is 175 cm³/mol. The Bertz CT molecular complexity index is 1320. The number of benzene rings is 2. The maximum Gasteiger partial charge on any atom is 0.408 e. The summed E-state index contributed by atoms with van der Waals surface area (Å²) in [6.07, 6.45) is 1.21. The molecule has 11 heteroatoms. The smallest absolute Gasteiger partial charge is 0.408 e. The van der Waals surface area contributed by atoms with Gasteiger partial charge in [-0.05, 0) is 66.0 Å². The van der Waals surface area contributed by atoms with Crippen LogP contribution in [0.15, 0.2) is 48.5 Å². The van der Waals surface area contributed by atoms with E-state index in [1.54, 1.807) is 60.6 Å². The SMILES string of the molecule is CCCCCN(C(=O)C(CO)NC(=O)OC(C)(C)C)C(C(=O)NC(Cc1ccccc1)C(=O)OC(C)(C)C)c1cccc(C)c1O. The molecule has 0 aliphatic carbocycles. The number of aryl methyl sites for hydroxylation is 1. The number of unbranched alkanes of at least 4 members (excludes halogenated alkanes) is 2. The van der Waals surface area contributed by atoms with E-state index in [0.717, 1.165) is 18.4 Å². The standard InChI is InChI=1S/C35H51N3O8/c1-9-10-14-20-38(31(42)27(22-39)37-33(44)46-35(6,7)8)28(25-19-15-16-23(2)29(25)40)30(41)36-26(32(43)45-34(3,4)5)21-24-17-12-11-13-18-24/h11-13,15-19,26-28,39-40H,9-10,14,20-22H2,1-8H3,(H,36,41)(H,37,44). The zero-order valence-corrected chi connectivity index (χ0v) is 28.4. The molecule has 0 aliphatic rings. The molecule has 3 amide bonds. The third-order valence-corrected chi connectivity index (χ3v) is 6.87. The number of nitrogens with zero attached hydrogens (tertiary/aromatic N) is 1. The number of ether oxygens (including phenoxy) is 2. The second-order valence-electron chi connectivity index (χ2n) is 13.3. The van der Waals surface area contributed by atoms with Crippen LogP contribution < -0.4 is 10.6 Å². The fraction of sp³-hybridized carbons (Fsp3) is 0.543. The van der Waals surface area contributed by atoms with Crippen molar-refractivity contribution in [3.63, 3.8) is 0 Å². The lowest BCUT2D eigenvalue weighted by atomic mass is 9.98. The van der Waals surface area contributed by atoms with Gasteiger partial charge in [-0.25, -0.2) is 9.59 Å². The molecule has 254 valence electrons. The number of carbonyl (C=O) groups excluding carboxylic acids is 4. The van der Waals surface area contributed by atoms with Crippen molar-refractivity contribution in [2.75, 3.05) is 13.2 Å². The second kappa shape index (κ2) is 17.0. The topological polar surface area (TPSA) is 154 Å². The maximum atomic E-state index is 14.4. The summed E-state index contributed by atoms with van der Waals surface area (Å²) in [6, 6.07) is 9.94. The summed E-state index contributed by atoms with van der Waals surface area (Å²) < 4.78 is 10.9. The van der Waals surface area contributed by atoms with E-state index in [1.807, 2.05) is 37.3 Å². The minimum absolute atomic E-state index is 0.0560. The molecule has 11 nitrogen and oxygen atoms in total. The molecule has 46 heavy (non-hydrogen) atoms. The van der Waals surface area contributed by atoms with Crippen molar-refractivity contribution in [3.8, 4) is 5.75 Å². The number of alkyl carbamates (subject to hydrolysis) is 1. The van der Waals surface area contributed by atoms with E-state index in [9.17, 15) is 29.4 Å². The number of amides is 3. The Hall–Kier alpha value is -4.12. The number of esters is 1. The second-order valence-corrected chi connectivity index (χ2v) is 13.3. The molecule has 0 saturated carbocycles. The number of hydrogen-bond acceptors (Lipinski definition) is 8. The van der Waals surface area contributed by atoms with E-state index >= 15 is 0 Å². The molecule has 0 bridgehead atoms. The average molecular weight is 642 g/mol. The summed E-state index contributed by atoms with van der Waals surface area (Å²) >= 11 is 0. The van der Waals surface area contributed by atoms with Crippen molar-refractivity contribution < 1.29 is 38.9 Å². The van der Waals surface area contributed by atoms with Crippen LogP contribution in [0.4, 0.5) is 4.79 Å². The summed E-state index contributed by atoms with van der Waals surface area (Å²) in [7, 11) is 0. The lowest BCUT2D eigenvalue weighted by Gasteiger charge is -2.35. The third kappa shape index (κ3) is 12.0. The monoisotopic (exact) mass is 641 g/mol. The number of aromatic hydroxyl groups is 1. The largest absolute Gasteiger partial charge is 0.507 e. The number of phenolic OH excluding ortho intramolecular Hbond substituents is 1. The normalized spacial score (nSPS) is 13.6. The van der Waals surface area contributed by atoms with Gasteiger partial charge in [-0.1, -0.05) is 68.3 Å². The lowest BCUT2D eigenvalue weighted by molar-refractivity contribution is -0.159. The van der Waals surface area contributed by atoms with Crippen LogP contribution in [0, 0.1) is 6.92 Å². The molecule has 3 atom stereocenters. The van der Waals surface area contributed by atoms with E-state index in [4.69, 9.17) is 9.47 Å². The molecule has 0 radical (unpaired) electrons. The highest BCUT2D eigenvalue weighted by molar-refractivity contribution is 5.94. The zero-order valence-electron chi connectivity index (χ0n) is 28.4. The molecule has 0 saturated heterocycles. The van der Waals surface area contributed by atoms with Gasteiger partial charge in [0.15, 0.2) is 0 Å². The van der Waals surface area contributed by atoms with Gasteiger partial charge in [0.25, 0.3) is 0 Å². The van der Waals surface area contributed by atoms with Crippen LogP contribution in [0.3, 0.4) is 0 Å². The Kier molecular flexibility index (Phi) is 14.1. The van der Waals surface area contributed by atoms with Crippen LogP contribution in [0.1, 0.15) is 90.5 Å². The van der Waals surface area contributed by atoms with Gasteiger partial charge in [0.1, 0.15) is 35.1 Å². The van der Waals surface area contributed by atoms with Crippen LogP contribution in [0.5, 0.6) is 5.75 Å². The number of nitrogens with one attached hydrogen (secondary N) is 2. The number of rotatable bonds is 14. The molecule has 0 spiro atoms.